The highest BCUT2D eigenvalue weighted by Gasteiger charge is 2.40. The Balaban J connectivity index is 1.34. The highest BCUT2D eigenvalue weighted by atomic mass is 35.5. The molecule has 0 amide bonds. The Hall–Kier alpha value is -1.85. The molecule has 210 valence electrons. The lowest BCUT2D eigenvalue weighted by Crippen LogP contribution is -2.45. The molecular formula is C26H34Cl2F3N5O2. The van der Waals surface area contributed by atoms with Crippen molar-refractivity contribution < 1.29 is 22.6 Å². The van der Waals surface area contributed by atoms with Crippen molar-refractivity contribution >= 4 is 34.7 Å². The van der Waals surface area contributed by atoms with Crippen LogP contribution in [-0.4, -0.2) is 67.7 Å². The molecule has 3 N–H and O–H groups in total. The van der Waals surface area contributed by atoms with E-state index in [4.69, 9.17) is 27.9 Å². The standard InChI is InChI=1S/C26H34Cl2F3N5O2/c1-37-23(26(29,30)31)15-33-17-2-4-18(5-3-17)36-24-11-20(22(27)14-34-24)21-10-19(13-35-25(21)28)32-12-16-6-8-38-9-7-16/h10-11,13-14,16-18,23,32-33H,2-9,12,15H2,1H3,(H,34,36). The molecule has 2 aromatic rings. The summed E-state index contributed by atoms with van der Waals surface area (Å²) in [7, 11) is 1.08. The van der Waals surface area contributed by atoms with Crippen molar-refractivity contribution in [3.8, 4) is 11.1 Å². The van der Waals surface area contributed by atoms with Crippen LogP contribution in [0.3, 0.4) is 0 Å². The molecule has 1 saturated carbocycles. The molecule has 2 aliphatic rings. The fraction of sp³-hybridized carbons (Fsp3) is 0.615. The lowest BCUT2D eigenvalue weighted by Gasteiger charge is -2.31. The van der Waals surface area contributed by atoms with E-state index in [1.165, 1.54) is 0 Å². The normalized spacial score (nSPS) is 21.7. The maximum Gasteiger partial charge on any atom is 0.415 e. The number of rotatable bonds is 10. The molecule has 0 radical (unpaired) electrons. The van der Waals surface area contributed by atoms with Gasteiger partial charge in [-0.2, -0.15) is 13.2 Å². The summed E-state index contributed by atoms with van der Waals surface area (Å²) in [5, 5.41) is 10.7. The SMILES string of the molecule is COC(CNC1CCC(Nc2cc(-c3cc(NCC4CCOCC4)cnc3Cl)c(Cl)cn2)CC1)C(F)(F)F. The highest BCUT2D eigenvalue weighted by Crippen LogP contribution is 2.35. The number of halogens is 5. The first-order valence-corrected chi connectivity index (χ1v) is 13.7. The van der Waals surface area contributed by atoms with Crippen molar-refractivity contribution in [2.45, 2.75) is 62.9 Å². The fourth-order valence-electron chi connectivity index (χ4n) is 4.93. The van der Waals surface area contributed by atoms with Crippen LogP contribution in [-0.2, 0) is 9.47 Å². The first-order valence-electron chi connectivity index (χ1n) is 13.0. The van der Waals surface area contributed by atoms with E-state index in [2.05, 4.69) is 30.7 Å². The maximum atomic E-state index is 12.9. The van der Waals surface area contributed by atoms with Gasteiger partial charge in [0.2, 0.25) is 0 Å². The average Bonchev–Trinajstić information content (AvgIpc) is 2.90. The highest BCUT2D eigenvalue weighted by molar-refractivity contribution is 6.36. The summed E-state index contributed by atoms with van der Waals surface area (Å²) in [6.45, 7) is 2.18. The predicted octanol–water partition coefficient (Wildman–Crippen LogP) is 6.18. The van der Waals surface area contributed by atoms with Gasteiger partial charge >= 0.3 is 6.18 Å². The van der Waals surface area contributed by atoms with Gasteiger partial charge in [-0.05, 0) is 56.6 Å². The molecule has 1 aliphatic carbocycles. The van der Waals surface area contributed by atoms with E-state index in [0.717, 1.165) is 76.6 Å². The number of anilines is 2. The van der Waals surface area contributed by atoms with Crippen molar-refractivity contribution in [2.75, 3.05) is 44.0 Å². The number of aromatic nitrogens is 2. The molecule has 1 aliphatic heterocycles. The summed E-state index contributed by atoms with van der Waals surface area (Å²) in [5.41, 5.74) is 2.30. The van der Waals surface area contributed by atoms with Gasteiger partial charge in [0.1, 0.15) is 11.0 Å². The van der Waals surface area contributed by atoms with Gasteiger partial charge in [-0.15, -0.1) is 0 Å². The number of alkyl halides is 3. The fourth-order valence-corrected chi connectivity index (χ4v) is 5.34. The van der Waals surface area contributed by atoms with Crippen LogP contribution >= 0.6 is 23.2 Å². The Bertz CT molecular complexity index is 1050. The van der Waals surface area contributed by atoms with Crippen LogP contribution < -0.4 is 16.0 Å². The van der Waals surface area contributed by atoms with Crippen molar-refractivity contribution in [3.05, 3.63) is 34.7 Å². The molecule has 1 saturated heterocycles. The minimum atomic E-state index is -4.38. The maximum absolute atomic E-state index is 12.9. The first-order chi connectivity index (χ1) is 18.2. The van der Waals surface area contributed by atoms with Gasteiger partial charge in [0.15, 0.2) is 6.10 Å². The third-order valence-electron chi connectivity index (χ3n) is 7.24. The van der Waals surface area contributed by atoms with Crippen LogP contribution in [0.25, 0.3) is 11.1 Å². The number of methoxy groups -OCH3 is 1. The van der Waals surface area contributed by atoms with Gasteiger partial charge in [-0.3, -0.25) is 0 Å². The summed E-state index contributed by atoms with van der Waals surface area (Å²) in [5.74, 6) is 1.22. The molecule has 2 fully saturated rings. The Morgan fingerprint density at radius 2 is 1.71 bits per heavy atom. The Kier molecular flexibility index (Phi) is 10.3. The van der Waals surface area contributed by atoms with E-state index in [0.29, 0.717) is 27.5 Å². The second-order valence-electron chi connectivity index (χ2n) is 9.92. The molecule has 0 spiro atoms. The second-order valence-corrected chi connectivity index (χ2v) is 10.7. The lowest BCUT2D eigenvalue weighted by molar-refractivity contribution is -0.211. The second kappa shape index (κ2) is 13.5. The minimum Gasteiger partial charge on any atom is -0.384 e. The van der Waals surface area contributed by atoms with Gasteiger partial charge in [-0.1, -0.05) is 23.2 Å². The van der Waals surface area contributed by atoms with E-state index in [1.807, 2.05) is 12.1 Å². The Morgan fingerprint density at radius 3 is 2.39 bits per heavy atom. The van der Waals surface area contributed by atoms with Crippen LogP contribution in [0.2, 0.25) is 10.2 Å². The smallest absolute Gasteiger partial charge is 0.384 e. The van der Waals surface area contributed by atoms with Gasteiger partial charge in [-0.25, -0.2) is 9.97 Å². The monoisotopic (exact) mass is 575 g/mol. The zero-order valence-electron chi connectivity index (χ0n) is 21.3. The molecule has 38 heavy (non-hydrogen) atoms. The molecule has 2 aromatic heterocycles. The number of pyridine rings is 2. The van der Waals surface area contributed by atoms with Crippen LogP contribution in [0.15, 0.2) is 24.5 Å². The summed E-state index contributed by atoms with van der Waals surface area (Å²) in [4.78, 5) is 8.79. The molecule has 0 aromatic carbocycles. The predicted molar refractivity (Wildman–Crippen MR) is 144 cm³/mol. The molecular weight excluding hydrogens is 542 g/mol. The van der Waals surface area contributed by atoms with Gasteiger partial charge in [0.25, 0.3) is 0 Å². The van der Waals surface area contributed by atoms with Crippen molar-refractivity contribution in [1.29, 1.82) is 0 Å². The van der Waals surface area contributed by atoms with Crippen LogP contribution in [0.1, 0.15) is 38.5 Å². The third-order valence-corrected chi connectivity index (χ3v) is 7.84. The molecule has 4 rings (SSSR count). The van der Waals surface area contributed by atoms with Gasteiger partial charge < -0.3 is 25.4 Å². The number of nitrogens with one attached hydrogen (secondary N) is 3. The van der Waals surface area contributed by atoms with Crippen LogP contribution in [0.4, 0.5) is 24.7 Å². The number of hydrogen-bond acceptors (Lipinski definition) is 7. The first kappa shape index (κ1) is 29.1. The molecule has 12 heteroatoms. The van der Waals surface area contributed by atoms with E-state index in [1.54, 1.807) is 12.4 Å². The van der Waals surface area contributed by atoms with Gasteiger partial charge in [0, 0.05) is 62.8 Å². The van der Waals surface area contributed by atoms with Crippen LogP contribution in [0.5, 0.6) is 0 Å². The summed E-state index contributed by atoms with van der Waals surface area (Å²) in [6.07, 6.45) is 2.30. The number of nitrogens with zero attached hydrogens (tertiary/aromatic N) is 2. The quantitative estimate of drug-likeness (QED) is 0.292. The van der Waals surface area contributed by atoms with E-state index in [-0.39, 0.29) is 18.6 Å². The summed E-state index contributed by atoms with van der Waals surface area (Å²) in [6, 6.07) is 3.98. The van der Waals surface area contributed by atoms with Crippen LogP contribution in [0, 0.1) is 5.92 Å². The molecule has 1 atom stereocenters. The Morgan fingerprint density at radius 1 is 1.00 bits per heavy atom. The van der Waals surface area contributed by atoms with Gasteiger partial charge in [0.05, 0.1) is 16.9 Å². The summed E-state index contributed by atoms with van der Waals surface area (Å²) >= 11 is 13.0. The zero-order chi connectivity index (χ0) is 27.1. The summed E-state index contributed by atoms with van der Waals surface area (Å²) < 4.78 is 48.8. The number of hydrogen-bond donors (Lipinski definition) is 3. The molecule has 1 unspecified atom stereocenters. The molecule has 0 bridgehead atoms. The van der Waals surface area contributed by atoms with E-state index < -0.39 is 12.3 Å². The Labute approximate surface area is 231 Å². The third kappa shape index (κ3) is 8.08. The lowest BCUT2D eigenvalue weighted by atomic mass is 9.91. The minimum absolute atomic E-state index is 0.0167. The molecule has 7 nitrogen and oxygen atoms in total. The molecule has 3 heterocycles. The average molecular weight is 576 g/mol. The van der Waals surface area contributed by atoms with Crippen molar-refractivity contribution in [1.82, 2.24) is 15.3 Å². The van der Waals surface area contributed by atoms with E-state index >= 15 is 0 Å². The zero-order valence-corrected chi connectivity index (χ0v) is 22.8. The number of ether oxygens (including phenoxy) is 2. The largest absolute Gasteiger partial charge is 0.415 e. The van der Waals surface area contributed by atoms with E-state index in [9.17, 15) is 13.2 Å². The topological polar surface area (TPSA) is 80.3 Å². The van der Waals surface area contributed by atoms with Crippen molar-refractivity contribution in [3.63, 3.8) is 0 Å². The van der Waals surface area contributed by atoms with Crippen molar-refractivity contribution in [2.24, 2.45) is 5.92 Å².